The van der Waals surface area contributed by atoms with E-state index in [9.17, 15) is 9.59 Å². The molecule has 3 atom stereocenters. The number of hydrogen-bond donors (Lipinski definition) is 0. The first-order valence-electron chi connectivity index (χ1n) is 8.62. The summed E-state index contributed by atoms with van der Waals surface area (Å²) in [5.41, 5.74) is 2.38. The Morgan fingerprint density at radius 2 is 1.62 bits per heavy atom. The van der Waals surface area contributed by atoms with Gasteiger partial charge < -0.3 is 14.2 Å². The van der Waals surface area contributed by atoms with E-state index < -0.39 is 0 Å². The van der Waals surface area contributed by atoms with Gasteiger partial charge in [-0.05, 0) is 23.3 Å². The van der Waals surface area contributed by atoms with Gasteiger partial charge in [-0.25, -0.2) is 4.79 Å². The maximum atomic E-state index is 11.8. The molecule has 0 N–H and O–H groups in total. The summed E-state index contributed by atoms with van der Waals surface area (Å²) >= 11 is 0. The lowest BCUT2D eigenvalue weighted by Gasteiger charge is -2.35. The molecule has 2 aromatic rings. The van der Waals surface area contributed by atoms with Crippen molar-refractivity contribution in [2.45, 2.75) is 38.1 Å². The monoisotopic (exact) mass is 354 g/mol. The lowest BCUT2D eigenvalue weighted by molar-refractivity contribution is -0.160. The van der Waals surface area contributed by atoms with Gasteiger partial charge in [-0.3, -0.25) is 4.79 Å². The molecule has 2 aromatic carbocycles. The minimum absolute atomic E-state index is 0.180. The quantitative estimate of drug-likeness (QED) is 0.777. The minimum Gasteiger partial charge on any atom is -0.465 e. The van der Waals surface area contributed by atoms with Crippen LogP contribution in [-0.2, 0) is 19.0 Å². The Balaban J connectivity index is 1.87. The van der Waals surface area contributed by atoms with E-state index in [0.717, 1.165) is 11.1 Å². The van der Waals surface area contributed by atoms with Crippen molar-refractivity contribution >= 4 is 11.9 Å². The second-order valence-corrected chi connectivity index (χ2v) is 6.34. The first-order chi connectivity index (χ1) is 12.6. The number of hydrogen-bond acceptors (Lipinski definition) is 5. The van der Waals surface area contributed by atoms with Crippen molar-refractivity contribution in [1.82, 2.24) is 0 Å². The molecule has 1 aliphatic heterocycles. The summed E-state index contributed by atoms with van der Waals surface area (Å²) in [6, 6.07) is 17.1. The molecule has 136 valence electrons. The van der Waals surface area contributed by atoms with Crippen molar-refractivity contribution in [1.29, 1.82) is 0 Å². The summed E-state index contributed by atoms with van der Waals surface area (Å²) < 4.78 is 16.6. The van der Waals surface area contributed by atoms with Crippen LogP contribution < -0.4 is 0 Å². The van der Waals surface area contributed by atoms with Crippen molar-refractivity contribution in [3.63, 3.8) is 0 Å². The van der Waals surface area contributed by atoms with Crippen LogP contribution in [0.15, 0.2) is 54.6 Å². The number of ether oxygens (including phenoxy) is 3. The van der Waals surface area contributed by atoms with Gasteiger partial charge in [-0.2, -0.15) is 0 Å². The number of methoxy groups -OCH3 is 1. The summed E-state index contributed by atoms with van der Waals surface area (Å²) in [4.78, 5) is 23.3. The molecule has 0 radical (unpaired) electrons. The number of rotatable bonds is 4. The van der Waals surface area contributed by atoms with E-state index in [4.69, 9.17) is 14.2 Å². The Morgan fingerprint density at radius 1 is 0.962 bits per heavy atom. The van der Waals surface area contributed by atoms with Crippen LogP contribution in [0.5, 0.6) is 0 Å². The summed E-state index contributed by atoms with van der Waals surface area (Å²) in [5, 5.41) is 0. The largest absolute Gasteiger partial charge is 0.465 e. The highest BCUT2D eigenvalue weighted by atomic mass is 16.6. The third-order valence-corrected chi connectivity index (χ3v) is 4.47. The lowest BCUT2D eigenvalue weighted by atomic mass is 9.92. The molecule has 1 fully saturated rings. The molecule has 0 aromatic heterocycles. The minimum atomic E-state index is -0.390. The fraction of sp³-hybridized carbons (Fsp3) is 0.333. The summed E-state index contributed by atoms with van der Waals surface area (Å²) in [6.45, 7) is 1.42. The third kappa shape index (κ3) is 4.29. The molecule has 0 unspecified atom stereocenters. The summed E-state index contributed by atoms with van der Waals surface area (Å²) in [6.07, 6.45) is 0.465. The molecular weight excluding hydrogens is 332 g/mol. The van der Waals surface area contributed by atoms with Crippen LogP contribution in [0, 0.1) is 0 Å². The Kier molecular flexibility index (Phi) is 5.68. The molecule has 26 heavy (non-hydrogen) atoms. The standard InChI is InChI=1S/C21H22O5/c1-14(22)25-18-12-19(15-7-4-3-5-8-15)26-20(13-18)16-9-6-10-17(11-16)21(23)24-2/h3-11,18-20H,12-13H2,1-2H3/t18-,19+,20-/m0/s1. The Morgan fingerprint density at radius 3 is 2.27 bits per heavy atom. The maximum Gasteiger partial charge on any atom is 0.337 e. The van der Waals surface area contributed by atoms with Gasteiger partial charge in [0, 0.05) is 19.8 Å². The van der Waals surface area contributed by atoms with Crippen molar-refractivity contribution in [2.24, 2.45) is 0 Å². The lowest BCUT2D eigenvalue weighted by Crippen LogP contribution is -2.30. The van der Waals surface area contributed by atoms with E-state index in [0.29, 0.717) is 18.4 Å². The first kappa shape index (κ1) is 18.1. The smallest absolute Gasteiger partial charge is 0.337 e. The Labute approximate surface area is 152 Å². The van der Waals surface area contributed by atoms with Gasteiger partial charge in [0.2, 0.25) is 0 Å². The molecule has 0 aliphatic carbocycles. The average molecular weight is 354 g/mol. The zero-order valence-electron chi connectivity index (χ0n) is 14.9. The van der Waals surface area contributed by atoms with Gasteiger partial charge in [0.15, 0.2) is 0 Å². The van der Waals surface area contributed by atoms with E-state index >= 15 is 0 Å². The topological polar surface area (TPSA) is 61.8 Å². The second kappa shape index (κ2) is 8.15. The number of benzene rings is 2. The highest BCUT2D eigenvalue weighted by Gasteiger charge is 2.33. The number of esters is 2. The van der Waals surface area contributed by atoms with Crippen molar-refractivity contribution in [3.8, 4) is 0 Å². The van der Waals surface area contributed by atoms with Gasteiger partial charge in [0.05, 0.1) is 24.9 Å². The molecule has 0 bridgehead atoms. The molecule has 0 spiro atoms. The Bertz CT molecular complexity index is 771. The molecule has 1 saturated heterocycles. The predicted octanol–water partition coefficient (Wildman–Crippen LogP) is 4.00. The molecule has 1 aliphatic rings. The van der Waals surface area contributed by atoms with Crippen molar-refractivity contribution in [3.05, 3.63) is 71.3 Å². The summed E-state index contributed by atoms with van der Waals surface area (Å²) in [7, 11) is 1.36. The fourth-order valence-corrected chi connectivity index (χ4v) is 3.29. The third-order valence-electron chi connectivity index (χ3n) is 4.47. The highest BCUT2D eigenvalue weighted by Crippen LogP contribution is 2.40. The molecule has 0 amide bonds. The van der Waals surface area contributed by atoms with Gasteiger partial charge in [-0.15, -0.1) is 0 Å². The van der Waals surface area contributed by atoms with Gasteiger partial charge in [0.25, 0.3) is 0 Å². The van der Waals surface area contributed by atoms with Gasteiger partial charge in [-0.1, -0.05) is 42.5 Å². The van der Waals surface area contributed by atoms with Crippen LogP contribution in [0.2, 0.25) is 0 Å². The van der Waals surface area contributed by atoms with Crippen LogP contribution in [0.1, 0.15) is 53.5 Å². The highest BCUT2D eigenvalue weighted by molar-refractivity contribution is 5.89. The van der Waals surface area contributed by atoms with E-state index in [-0.39, 0.29) is 30.3 Å². The van der Waals surface area contributed by atoms with Crippen LogP contribution >= 0.6 is 0 Å². The summed E-state index contributed by atoms with van der Waals surface area (Å²) in [5.74, 6) is -0.690. The first-order valence-corrected chi connectivity index (χ1v) is 8.62. The normalized spacial score (nSPS) is 22.5. The van der Waals surface area contributed by atoms with Crippen LogP contribution in [0.3, 0.4) is 0 Å². The average Bonchev–Trinajstić information content (AvgIpc) is 2.67. The predicted molar refractivity (Wildman–Crippen MR) is 95.6 cm³/mol. The molecule has 5 nitrogen and oxygen atoms in total. The number of carbonyl (C=O) groups excluding carboxylic acids is 2. The molecule has 0 saturated carbocycles. The molecule has 1 heterocycles. The van der Waals surface area contributed by atoms with E-state index in [1.165, 1.54) is 14.0 Å². The van der Waals surface area contributed by atoms with Crippen LogP contribution in [0.25, 0.3) is 0 Å². The van der Waals surface area contributed by atoms with E-state index in [1.807, 2.05) is 36.4 Å². The second-order valence-electron chi connectivity index (χ2n) is 6.34. The van der Waals surface area contributed by atoms with Gasteiger partial charge >= 0.3 is 11.9 Å². The van der Waals surface area contributed by atoms with Crippen LogP contribution in [0.4, 0.5) is 0 Å². The number of carbonyl (C=O) groups is 2. The molecule has 5 heteroatoms. The van der Waals surface area contributed by atoms with Crippen LogP contribution in [-0.4, -0.2) is 25.2 Å². The fourth-order valence-electron chi connectivity index (χ4n) is 3.29. The molecule has 3 rings (SSSR count). The molecular formula is C21H22O5. The van der Waals surface area contributed by atoms with Crippen molar-refractivity contribution < 1.29 is 23.8 Å². The zero-order valence-corrected chi connectivity index (χ0v) is 14.9. The van der Waals surface area contributed by atoms with E-state index in [2.05, 4.69) is 0 Å². The van der Waals surface area contributed by atoms with Crippen molar-refractivity contribution in [2.75, 3.05) is 7.11 Å². The van der Waals surface area contributed by atoms with E-state index in [1.54, 1.807) is 18.2 Å². The van der Waals surface area contributed by atoms with Gasteiger partial charge in [0.1, 0.15) is 6.10 Å². The maximum absolute atomic E-state index is 11.8. The SMILES string of the molecule is COC(=O)c1cccc([C@@H]2C[C@@H](OC(C)=O)C[C@H](c3ccccc3)O2)c1. The Hall–Kier alpha value is -2.66. The zero-order chi connectivity index (χ0) is 18.5.